The van der Waals surface area contributed by atoms with E-state index in [-0.39, 0.29) is 10.8 Å². The molecule has 1 aromatic carbocycles. The Morgan fingerprint density at radius 3 is 2.26 bits per heavy atom. The first-order chi connectivity index (χ1) is 8.57. The van der Waals surface area contributed by atoms with Crippen LogP contribution in [0.25, 0.3) is 5.57 Å². The van der Waals surface area contributed by atoms with Gasteiger partial charge in [-0.05, 0) is 59.3 Å². The molecular formula is C19H28. The first-order valence-corrected chi connectivity index (χ1v) is 7.39. The molecule has 0 aromatic heterocycles. The monoisotopic (exact) mass is 256 g/mol. The van der Waals surface area contributed by atoms with Crippen molar-refractivity contribution in [1.29, 1.82) is 0 Å². The fourth-order valence-electron chi connectivity index (χ4n) is 3.66. The van der Waals surface area contributed by atoms with E-state index >= 15 is 0 Å². The van der Waals surface area contributed by atoms with E-state index in [1.54, 1.807) is 5.56 Å². The van der Waals surface area contributed by atoms with Crippen LogP contribution in [0.15, 0.2) is 18.7 Å². The van der Waals surface area contributed by atoms with E-state index < -0.39 is 0 Å². The van der Waals surface area contributed by atoms with Crippen LogP contribution in [0, 0.1) is 12.8 Å². The van der Waals surface area contributed by atoms with Gasteiger partial charge in [-0.1, -0.05) is 58.9 Å². The number of allylic oxidation sites excluding steroid dienone is 1. The lowest BCUT2D eigenvalue weighted by Gasteiger charge is -2.47. The molecule has 104 valence electrons. The lowest BCUT2D eigenvalue weighted by atomic mass is 9.58. The highest BCUT2D eigenvalue weighted by atomic mass is 14.5. The third-order valence-electron chi connectivity index (χ3n) is 5.30. The molecule has 2 rings (SSSR count). The van der Waals surface area contributed by atoms with Crippen LogP contribution in [0.3, 0.4) is 0 Å². The van der Waals surface area contributed by atoms with Crippen LogP contribution in [0.4, 0.5) is 0 Å². The predicted octanol–water partition coefficient (Wildman–Crippen LogP) is 5.62. The van der Waals surface area contributed by atoms with Gasteiger partial charge in [0.05, 0.1) is 0 Å². The highest BCUT2D eigenvalue weighted by molar-refractivity contribution is 5.67. The van der Waals surface area contributed by atoms with E-state index in [1.165, 1.54) is 28.7 Å². The molecule has 1 unspecified atom stereocenters. The summed E-state index contributed by atoms with van der Waals surface area (Å²) in [5.41, 5.74) is 7.47. The molecule has 0 saturated carbocycles. The molecule has 0 aliphatic heterocycles. The van der Waals surface area contributed by atoms with E-state index in [0.29, 0.717) is 5.92 Å². The second-order valence-corrected chi connectivity index (χ2v) is 7.70. The SMILES string of the molecule is C=C(C)c1cc2c(cc1C)C(C)(C)C(C)CC2(C)C. The highest BCUT2D eigenvalue weighted by Gasteiger charge is 2.42. The molecule has 0 amide bonds. The Bertz CT molecular complexity index is 529. The molecule has 0 fully saturated rings. The first-order valence-electron chi connectivity index (χ1n) is 7.39. The van der Waals surface area contributed by atoms with Crippen molar-refractivity contribution >= 4 is 5.57 Å². The Balaban J connectivity index is 2.75. The Morgan fingerprint density at radius 2 is 1.74 bits per heavy atom. The van der Waals surface area contributed by atoms with E-state index in [1.807, 2.05) is 0 Å². The maximum absolute atomic E-state index is 4.13. The van der Waals surface area contributed by atoms with Crippen molar-refractivity contribution in [1.82, 2.24) is 0 Å². The van der Waals surface area contributed by atoms with Gasteiger partial charge in [-0.25, -0.2) is 0 Å². The second-order valence-electron chi connectivity index (χ2n) is 7.70. The van der Waals surface area contributed by atoms with Crippen molar-refractivity contribution in [2.24, 2.45) is 5.92 Å². The van der Waals surface area contributed by atoms with Crippen molar-refractivity contribution in [3.8, 4) is 0 Å². The summed E-state index contributed by atoms with van der Waals surface area (Å²) in [5, 5.41) is 0. The van der Waals surface area contributed by atoms with Crippen LogP contribution in [-0.2, 0) is 10.8 Å². The van der Waals surface area contributed by atoms with Crippen molar-refractivity contribution in [3.63, 3.8) is 0 Å². The average Bonchev–Trinajstić information content (AvgIpc) is 2.25. The molecule has 0 radical (unpaired) electrons. The number of aryl methyl sites for hydroxylation is 1. The normalized spacial score (nSPS) is 23.8. The lowest BCUT2D eigenvalue weighted by Crippen LogP contribution is -2.40. The molecule has 1 atom stereocenters. The van der Waals surface area contributed by atoms with Crippen molar-refractivity contribution in [2.75, 3.05) is 0 Å². The van der Waals surface area contributed by atoms with Gasteiger partial charge in [-0.2, -0.15) is 0 Å². The molecule has 0 spiro atoms. The lowest BCUT2D eigenvalue weighted by molar-refractivity contribution is 0.233. The molecule has 0 N–H and O–H groups in total. The number of rotatable bonds is 1. The predicted molar refractivity (Wildman–Crippen MR) is 85.7 cm³/mol. The van der Waals surface area contributed by atoms with Gasteiger partial charge in [-0.3, -0.25) is 0 Å². The molecule has 19 heavy (non-hydrogen) atoms. The summed E-state index contributed by atoms with van der Waals surface area (Å²) in [7, 11) is 0. The highest BCUT2D eigenvalue weighted by Crippen LogP contribution is 2.49. The summed E-state index contributed by atoms with van der Waals surface area (Å²) in [5.74, 6) is 0.713. The maximum atomic E-state index is 4.13. The molecule has 0 saturated heterocycles. The fourth-order valence-corrected chi connectivity index (χ4v) is 3.66. The standard InChI is InChI=1S/C19H28/c1-12(2)15-10-16-17(9-13(15)3)19(7,8)14(4)11-18(16,5)6/h9-10,14H,1,11H2,2-8H3. The Labute approximate surface area is 118 Å². The van der Waals surface area contributed by atoms with Crippen LogP contribution in [-0.4, -0.2) is 0 Å². The zero-order valence-electron chi connectivity index (χ0n) is 13.6. The van der Waals surface area contributed by atoms with Crippen LogP contribution in [0.2, 0.25) is 0 Å². The summed E-state index contributed by atoms with van der Waals surface area (Å²) in [6, 6.07) is 4.82. The van der Waals surface area contributed by atoms with Crippen LogP contribution >= 0.6 is 0 Å². The van der Waals surface area contributed by atoms with Crippen LogP contribution in [0.1, 0.15) is 70.2 Å². The number of fused-ring (bicyclic) bond motifs is 1. The third-order valence-corrected chi connectivity index (χ3v) is 5.30. The zero-order valence-corrected chi connectivity index (χ0v) is 13.6. The van der Waals surface area contributed by atoms with Gasteiger partial charge < -0.3 is 0 Å². The smallest absolute Gasteiger partial charge is 0.00746 e. The summed E-state index contributed by atoms with van der Waals surface area (Å²) in [4.78, 5) is 0. The van der Waals surface area contributed by atoms with E-state index in [9.17, 15) is 0 Å². The van der Waals surface area contributed by atoms with E-state index in [0.717, 1.165) is 0 Å². The maximum Gasteiger partial charge on any atom is -0.00746 e. The van der Waals surface area contributed by atoms with E-state index in [4.69, 9.17) is 0 Å². The van der Waals surface area contributed by atoms with Crippen LogP contribution in [0.5, 0.6) is 0 Å². The summed E-state index contributed by atoms with van der Waals surface area (Å²) in [6.45, 7) is 20.4. The molecule has 1 aliphatic carbocycles. The zero-order chi connectivity index (χ0) is 14.6. The van der Waals surface area contributed by atoms with Crippen molar-refractivity contribution in [3.05, 3.63) is 41.0 Å². The molecule has 0 nitrogen and oxygen atoms in total. The summed E-state index contributed by atoms with van der Waals surface area (Å²) < 4.78 is 0. The average molecular weight is 256 g/mol. The van der Waals surface area contributed by atoms with Gasteiger partial charge in [-0.15, -0.1) is 0 Å². The molecule has 0 bridgehead atoms. The fraction of sp³-hybridized carbons (Fsp3) is 0.579. The van der Waals surface area contributed by atoms with Gasteiger partial charge in [0.25, 0.3) is 0 Å². The molecular weight excluding hydrogens is 228 g/mol. The number of hydrogen-bond donors (Lipinski definition) is 0. The van der Waals surface area contributed by atoms with Gasteiger partial charge in [0, 0.05) is 0 Å². The molecule has 0 heterocycles. The largest absolute Gasteiger partial charge is 0.0955 e. The van der Waals surface area contributed by atoms with Gasteiger partial charge in [0.2, 0.25) is 0 Å². The minimum Gasteiger partial charge on any atom is -0.0955 e. The number of hydrogen-bond acceptors (Lipinski definition) is 0. The molecule has 0 heteroatoms. The van der Waals surface area contributed by atoms with Gasteiger partial charge >= 0.3 is 0 Å². The Morgan fingerprint density at radius 1 is 1.16 bits per heavy atom. The minimum atomic E-state index is 0.266. The van der Waals surface area contributed by atoms with Gasteiger partial charge in [0.15, 0.2) is 0 Å². The quantitative estimate of drug-likeness (QED) is 0.611. The Hall–Kier alpha value is -1.04. The first kappa shape index (κ1) is 14.4. The summed E-state index contributed by atoms with van der Waals surface area (Å²) in [6.07, 6.45) is 1.26. The van der Waals surface area contributed by atoms with Crippen LogP contribution < -0.4 is 0 Å². The second kappa shape index (κ2) is 4.23. The Kier molecular flexibility index (Phi) is 3.20. The van der Waals surface area contributed by atoms with Crippen molar-refractivity contribution in [2.45, 2.75) is 65.7 Å². The topological polar surface area (TPSA) is 0 Å². The van der Waals surface area contributed by atoms with Crippen molar-refractivity contribution < 1.29 is 0 Å². The number of benzene rings is 1. The summed E-state index contributed by atoms with van der Waals surface area (Å²) >= 11 is 0. The molecule has 1 aliphatic rings. The minimum absolute atomic E-state index is 0.266. The molecule has 1 aromatic rings. The third kappa shape index (κ3) is 2.16. The van der Waals surface area contributed by atoms with E-state index in [2.05, 4.69) is 67.2 Å². The van der Waals surface area contributed by atoms with Gasteiger partial charge in [0.1, 0.15) is 0 Å².